The Morgan fingerprint density at radius 1 is 1.27 bits per heavy atom. The van der Waals surface area contributed by atoms with Gasteiger partial charge in [-0.1, -0.05) is 26.7 Å². The van der Waals surface area contributed by atoms with E-state index >= 15 is 0 Å². The third-order valence-electron chi connectivity index (χ3n) is 4.85. The molecule has 0 radical (unpaired) electrons. The number of unbranched alkanes of at least 4 members (excludes halogenated alkanes) is 2. The van der Waals surface area contributed by atoms with Gasteiger partial charge >= 0.3 is 0 Å². The molecule has 1 aliphatic heterocycles. The lowest BCUT2D eigenvalue weighted by Crippen LogP contribution is -2.38. The summed E-state index contributed by atoms with van der Waals surface area (Å²) in [6.45, 7) is 6.03. The van der Waals surface area contributed by atoms with Crippen LogP contribution in [0, 0.1) is 5.92 Å². The molecule has 26 heavy (non-hydrogen) atoms. The largest absolute Gasteiger partial charge is 0.496 e. The van der Waals surface area contributed by atoms with Gasteiger partial charge in [-0.3, -0.25) is 4.79 Å². The molecule has 1 heterocycles. The van der Waals surface area contributed by atoms with E-state index < -0.39 is 10.0 Å². The van der Waals surface area contributed by atoms with Gasteiger partial charge in [0.15, 0.2) is 0 Å². The van der Waals surface area contributed by atoms with Gasteiger partial charge in [0.05, 0.1) is 17.6 Å². The Hall–Kier alpha value is -1.60. The van der Waals surface area contributed by atoms with Gasteiger partial charge in [-0.25, -0.2) is 13.1 Å². The molecular formula is C19H30N2O4S. The first-order chi connectivity index (χ1) is 12.4. The second-order valence-corrected chi connectivity index (χ2v) is 8.71. The van der Waals surface area contributed by atoms with Crippen molar-refractivity contribution in [1.29, 1.82) is 0 Å². The Kier molecular flexibility index (Phi) is 7.46. The van der Waals surface area contributed by atoms with E-state index in [1.807, 2.05) is 0 Å². The minimum absolute atomic E-state index is 0.100. The molecule has 0 bridgehead atoms. The Morgan fingerprint density at radius 3 is 2.58 bits per heavy atom. The molecule has 1 fully saturated rings. The number of benzene rings is 1. The normalized spacial score (nSPS) is 15.9. The smallest absolute Gasteiger partial charge is 0.257 e. The Bertz CT molecular complexity index is 710. The summed E-state index contributed by atoms with van der Waals surface area (Å²) in [4.78, 5) is 14.8. The van der Waals surface area contributed by atoms with Crippen molar-refractivity contribution in [3.63, 3.8) is 0 Å². The van der Waals surface area contributed by atoms with Crippen molar-refractivity contribution < 1.29 is 17.9 Å². The van der Waals surface area contributed by atoms with Crippen molar-refractivity contribution in [2.45, 2.75) is 50.8 Å². The molecule has 0 unspecified atom stereocenters. The third kappa shape index (κ3) is 5.20. The van der Waals surface area contributed by atoms with Gasteiger partial charge in [0.25, 0.3) is 5.91 Å². The van der Waals surface area contributed by atoms with E-state index in [0.29, 0.717) is 36.9 Å². The highest BCUT2D eigenvalue weighted by Gasteiger charge is 2.25. The fourth-order valence-corrected chi connectivity index (χ4v) is 4.17. The maximum atomic E-state index is 12.9. The van der Waals surface area contributed by atoms with Gasteiger partial charge < -0.3 is 9.64 Å². The predicted octanol–water partition coefficient (Wildman–Crippen LogP) is 3.04. The van der Waals surface area contributed by atoms with Crippen LogP contribution in [-0.4, -0.2) is 46.0 Å². The highest BCUT2D eigenvalue weighted by Crippen LogP contribution is 2.26. The number of nitrogens with zero attached hydrogens (tertiary/aromatic N) is 1. The molecule has 0 atom stereocenters. The van der Waals surface area contributed by atoms with E-state index in [9.17, 15) is 13.2 Å². The number of nitrogens with one attached hydrogen (secondary N) is 1. The lowest BCUT2D eigenvalue weighted by molar-refractivity contribution is 0.0693. The summed E-state index contributed by atoms with van der Waals surface area (Å²) in [7, 11) is -2.15. The highest BCUT2D eigenvalue weighted by molar-refractivity contribution is 7.89. The number of hydrogen-bond donors (Lipinski definition) is 1. The molecule has 1 aromatic rings. The molecule has 1 aromatic carbocycles. The number of ether oxygens (including phenoxy) is 1. The molecule has 6 nitrogen and oxygen atoms in total. The average Bonchev–Trinajstić information content (AvgIpc) is 2.64. The zero-order chi connectivity index (χ0) is 19.2. The van der Waals surface area contributed by atoms with Crippen LogP contribution in [0.15, 0.2) is 23.1 Å². The van der Waals surface area contributed by atoms with Gasteiger partial charge in [-0.05, 0) is 43.4 Å². The van der Waals surface area contributed by atoms with Crippen molar-refractivity contribution in [1.82, 2.24) is 9.62 Å². The number of carbonyl (C=O) groups excluding carboxylic acids is 1. The Balaban J connectivity index is 2.20. The van der Waals surface area contributed by atoms with Crippen molar-refractivity contribution >= 4 is 15.9 Å². The van der Waals surface area contributed by atoms with E-state index in [-0.39, 0.29) is 10.8 Å². The first-order valence-electron chi connectivity index (χ1n) is 9.36. The molecule has 0 aliphatic carbocycles. The van der Waals surface area contributed by atoms with E-state index in [1.54, 1.807) is 11.0 Å². The topological polar surface area (TPSA) is 75.7 Å². The molecule has 0 saturated carbocycles. The Morgan fingerprint density at radius 2 is 1.96 bits per heavy atom. The molecule has 0 aromatic heterocycles. The Labute approximate surface area is 157 Å². The lowest BCUT2D eigenvalue weighted by Gasteiger charge is -2.30. The third-order valence-corrected chi connectivity index (χ3v) is 6.31. The van der Waals surface area contributed by atoms with Crippen LogP contribution in [0.5, 0.6) is 5.75 Å². The summed E-state index contributed by atoms with van der Waals surface area (Å²) >= 11 is 0. The van der Waals surface area contributed by atoms with Crippen molar-refractivity contribution in [2.75, 3.05) is 26.7 Å². The fourth-order valence-electron chi connectivity index (χ4n) is 3.07. The van der Waals surface area contributed by atoms with Crippen molar-refractivity contribution in [3.05, 3.63) is 23.8 Å². The van der Waals surface area contributed by atoms with Gasteiger partial charge in [0, 0.05) is 19.6 Å². The number of piperidine rings is 1. The number of hydrogen-bond acceptors (Lipinski definition) is 4. The lowest BCUT2D eigenvalue weighted by atomic mass is 9.98. The van der Waals surface area contributed by atoms with Gasteiger partial charge in [0.2, 0.25) is 10.0 Å². The van der Waals surface area contributed by atoms with Gasteiger partial charge in [-0.2, -0.15) is 0 Å². The standard InChI is InChI=1S/C19H30N2O4S/c1-4-5-6-11-20-26(23,24)16-7-8-18(25-3)17(14-16)19(22)21-12-9-15(2)10-13-21/h7-8,14-15,20H,4-6,9-13H2,1-3H3. The average molecular weight is 383 g/mol. The molecule has 1 saturated heterocycles. The zero-order valence-electron chi connectivity index (χ0n) is 16.0. The van der Waals surface area contributed by atoms with E-state index in [0.717, 1.165) is 32.1 Å². The monoisotopic (exact) mass is 382 g/mol. The molecule has 1 amide bonds. The molecule has 2 rings (SSSR count). The molecule has 0 spiro atoms. The molecule has 1 aliphatic rings. The van der Waals surface area contributed by atoms with Crippen LogP contribution < -0.4 is 9.46 Å². The molecule has 146 valence electrons. The summed E-state index contributed by atoms with van der Waals surface area (Å²) in [6.07, 6.45) is 4.72. The SMILES string of the molecule is CCCCCNS(=O)(=O)c1ccc(OC)c(C(=O)N2CCC(C)CC2)c1. The predicted molar refractivity (Wildman–Crippen MR) is 102 cm³/mol. The van der Waals surface area contributed by atoms with Crippen LogP contribution in [0.4, 0.5) is 0 Å². The molecular weight excluding hydrogens is 352 g/mol. The minimum atomic E-state index is -3.64. The summed E-state index contributed by atoms with van der Waals surface area (Å²) in [6, 6.07) is 4.47. The van der Waals surface area contributed by atoms with Crippen LogP contribution in [0.1, 0.15) is 56.3 Å². The minimum Gasteiger partial charge on any atom is -0.496 e. The van der Waals surface area contributed by atoms with Crippen molar-refractivity contribution in [3.8, 4) is 5.75 Å². The summed E-state index contributed by atoms with van der Waals surface area (Å²) < 4.78 is 32.9. The number of carbonyl (C=O) groups is 1. The molecule has 1 N–H and O–H groups in total. The zero-order valence-corrected chi connectivity index (χ0v) is 16.8. The summed E-state index contributed by atoms with van der Waals surface area (Å²) in [5.74, 6) is 0.843. The van der Waals surface area contributed by atoms with Crippen LogP contribution in [-0.2, 0) is 10.0 Å². The van der Waals surface area contributed by atoms with Crippen LogP contribution in [0.3, 0.4) is 0 Å². The number of methoxy groups -OCH3 is 1. The van der Waals surface area contributed by atoms with E-state index in [4.69, 9.17) is 4.74 Å². The quantitative estimate of drug-likeness (QED) is 0.701. The summed E-state index contributed by atoms with van der Waals surface area (Å²) in [5, 5.41) is 0. The molecule has 7 heteroatoms. The van der Waals surface area contributed by atoms with E-state index in [2.05, 4.69) is 18.6 Å². The maximum Gasteiger partial charge on any atom is 0.257 e. The van der Waals surface area contributed by atoms with Crippen LogP contribution in [0.25, 0.3) is 0 Å². The van der Waals surface area contributed by atoms with Gasteiger partial charge in [-0.15, -0.1) is 0 Å². The second-order valence-electron chi connectivity index (χ2n) is 6.94. The number of rotatable bonds is 8. The van der Waals surface area contributed by atoms with Crippen LogP contribution >= 0.6 is 0 Å². The highest BCUT2D eigenvalue weighted by atomic mass is 32.2. The maximum absolute atomic E-state index is 12.9. The first kappa shape index (κ1) is 20.7. The fraction of sp³-hybridized carbons (Fsp3) is 0.632. The first-order valence-corrected chi connectivity index (χ1v) is 10.8. The van der Waals surface area contributed by atoms with Crippen molar-refractivity contribution in [2.24, 2.45) is 5.92 Å². The second kappa shape index (κ2) is 9.37. The number of likely N-dealkylation sites (tertiary alicyclic amines) is 1. The van der Waals surface area contributed by atoms with Gasteiger partial charge in [0.1, 0.15) is 5.75 Å². The summed E-state index contributed by atoms with van der Waals surface area (Å²) in [5.41, 5.74) is 0.304. The van der Waals surface area contributed by atoms with E-state index in [1.165, 1.54) is 19.2 Å². The van der Waals surface area contributed by atoms with Crippen LogP contribution in [0.2, 0.25) is 0 Å². The number of sulfonamides is 1. The number of amides is 1.